The van der Waals surface area contributed by atoms with Gasteiger partial charge in [-0.05, 0) is 79.7 Å². The van der Waals surface area contributed by atoms with Crippen LogP contribution in [0, 0.1) is 0 Å². The summed E-state index contributed by atoms with van der Waals surface area (Å²) in [7, 11) is -3.65. The first-order chi connectivity index (χ1) is 14.5. The number of hydrogen-bond donors (Lipinski definition) is 0. The molecule has 0 saturated carbocycles. The van der Waals surface area contributed by atoms with Crippen LogP contribution in [0.15, 0.2) is 125 Å². The van der Waals surface area contributed by atoms with Crippen LogP contribution in [-0.2, 0) is 9.84 Å². The van der Waals surface area contributed by atoms with Crippen LogP contribution in [0.1, 0.15) is 6.92 Å². The number of ether oxygens (including phenoxy) is 2. The van der Waals surface area contributed by atoms with Gasteiger partial charge in [-0.2, -0.15) is 0 Å². The van der Waals surface area contributed by atoms with Gasteiger partial charge in [0.1, 0.15) is 23.0 Å². The average Bonchev–Trinajstić information content (AvgIpc) is 2.76. The standard InChI is InChI=1S/C25H22O4S/c1-3-8-20(9-4-2)28-22-12-16-24(17-13-22)30(26,27)25-18-14-23(15-19-25)29-21-10-6-5-7-11-21/h3-19H,1H2,2H3/b9-4-,20-8+. The molecule has 0 aliphatic rings. The van der Waals surface area contributed by atoms with Gasteiger partial charge in [-0.25, -0.2) is 8.42 Å². The highest BCUT2D eigenvalue weighted by molar-refractivity contribution is 7.91. The zero-order chi connectivity index (χ0) is 21.4. The van der Waals surface area contributed by atoms with Crippen molar-refractivity contribution in [2.45, 2.75) is 16.7 Å². The molecular weight excluding hydrogens is 396 g/mol. The smallest absolute Gasteiger partial charge is 0.206 e. The van der Waals surface area contributed by atoms with E-state index in [4.69, 9.17) is 9.47 Å². The van der Waals surface area contributed by atoms with E-state index in [1.54, 1.807) is 42.5 Å². The van der Waals surface area contributed by atoms with Gasteiger partial charge in [-0.15, -0.1) is 0 Å². The maximum Gasteiger partial charge on any atom is 0.206 e. The van der Waals surface area contributed by atoms with Gasteiger partial charge in [0.05, 0.1) is 9.79 Å². The number of hydrogen-bond acceptors (Lipinski definition) is 4. The van der Waals surface area contributed by atoms with E-state index >= 15 is 0 Å². The Morgan fingerprint density at radius 3 is 1.87 bits per heavy atom. The summed E-state index contributed by atoms with van der Waals surface area (Å²) in [5.74, 6) is 2.39. The molecule has 0 fully saturated rings. The molecule has 0 aliphatic carbocycles. The summed E-state index contributed by atoms with van der Waals surface area (Å²) < 4.78 is 37.3. The normalized spacial score (nSPS) is 12.0. The van der Waals surface area contributed by atoms with Crippen LogP contribution in [0.3, 0.4) is 0 Å². The predicted octanol–water partition coefficient (Wildman–Crippen LogP) is 6.34. The molecule has 0 saturated heterocycles. The third-order valence-electron chi connectivity index (χ3n) is 4.10. The minimum atomic E-state index is -3.65. The van der Waals surface area contributed by atoms with Crippen molar-refractivity contribution in [2.75, 3.05) is 0 Å². The fraction of sp³-hybridized carbons (Fsp3) is 0.0400. The molecule has 0 unspecified atom stereocenters. The highest BCUT2D eigenvalue weighted by Crippen LogP contribution is 2.27. The maximum atomic E-state index is 12.9. The molecule has 0 aliphatic heterocycles. The number of rotatable bonds is 8. The lowest BCUT2D eigenvalue weighted by atomic mass is 10.3. The predicted molar refractivity (Wildman–Crippen MR) is 119 cm³/mol. The van der Waals surface area contributed by atoms with E-state index in [-0.39, 0.29) is 9.79 Å². The molecule has 0 spiro atoms. The Bertz CT molecular complexity index is 1140. The van der Waals surface area contributed by atoms with Crippen molar-refractivity contribution in [1.82, 2.24) is 0 Å². The second kappa shape index (κ2) is 9.76. The van der Waals surface area contributed by atoms with E-state index < -0.39 is 9.84 Å². The summed E-state index contributed by atoms with van der Waals surface area (Å²) in [5.41, 5.74) is 0. The van der Waals surface area contributed by atoms with Crippen molar-refractivity contribution in [3.8, 4) is 17.2 Å². The highest BCUT2D eigenvalue weighted by atomic mass is 32.2. The molecule has 0 bridgehead atoms. The molecule has 0 heterocycles. The van der Waals surface area contributed by atoms with Crippen LogP contribution >= 0.6 is 0 Å². The number of allylic oxidation sites excluding steroid dienone is 4. The van der Waals surface area contributed by atoms with E-state index in [1.807, 2.05) is 43.3 Å². The van der Waals surface area contributed by atoms with Crippen molar-refractivity contribution < 1.29 is 17.9 Å². The minimum absolute atomic E-state index is 0.187. The molecule has 4 nitrogen and oxygen atoms in total. The summed E-state index contributed by atoms with van der Waals surface area (Å²) in [4.78, 5) is 0.379. The van der Waals surface area contributed by atoms with E-state index in [0.29, 0.717) is 23.0 Å². The lowest BCUT2D eigenvalue weighted by molar-refractivity contribution is 0.444. The molecule has 3 rings (SSSR count). The lowest BCUT2D eigenvalue weighted by Crippen LogP contribution is -2.02. The largest absolute Gasteiger partial charge is 0.457 e. The maximum absolute atomic E-state index is 12.9. The monoisotopic (exact) mass is 418 g/mol. The molecule has 0 radical (unpaired) electrons. The van der Waals surface area contributed by atoms with Crippen LogP contribution in [0.4, 0.5) is 0 Å². The Morgan fingerprint density at radius 2 is 1.33 bits per heavy atom. The molecule has 5 heteroatoms. The Kier molecular flexibility index (Phi) is 6.88. The van der Waals surface area contributed by atoms with Crippen LogP contribution in [0.5, 0.6) is 17.2 Å². The van der Waals surface area contributed by atoms with Crippen molar-refractivity contribution in [3.05, 3.63) is 116 Å². The third kappa shape index (κ3) is 5.27. The SMILES string of the molecule is C=C/C=C(\C=C/C)Oc1ccc(S(=O)(=O)c2ccc(Oc3ccccc3)cc2)cc1. The molecule has 0 atom stereocenters. The Balaban J connectivity index is 1.76. The van der Waals surface area contributed by atoms with E-state index in [9.17, 15) is 8.42 Å². The van der Waals surface area contributed by atoms with Gasteiger partial charge in [-0.1, -0.05) is 36.9 Å². The fourth-order valence-electron chi connectivity index (χ4n) is 2.67. The van der Waals surface area contributed by atoms with Gasteiger partial charge in [0, 0.05) is 0 Å². The van der Waals surface area contributed by atoms with Crippen LogP contribution < -0.4 is 9.47 Å². The summed E-state index contributed by atoms with van der Waals surface area (Å²) in [6, 6.07) is 22.0. The number of sulfone groups is 1. The first-order valence-corrected chi connectivity index (χ1v) is 10.8. The Labute approximate surface area is 177 Å². The lowest BCUT2D eigenvalue weighted by Gasteiger charge is -2.09. The Morgan fingerprint density at radius 1 is 0.800 bits per heavy atom. The molecule has 0 N–H and O–H groups in total. The van der Waals surface area contributed by atoms with E-state index in [1.165, 1.54) is 24.3 Å². The number of benzene rings is 3. The molecule has 3 aromatic rings. The molecule has 30 heavy (non-hydrogen) atoms. The molecule has 152 valence electrons. The molecular formula is C25H22O4S. The minimum Gasteiger partial charge on any atom is -0.457 e. The summed E-state index contributed by atoms with van der Waals surface area (Å²) in [5, 5.41) is 0. The third-order valence-corrected chi connectivity index (χ3v) is 5.88. The van der Waals surface area contributed by atoms with E-state index in [0.717, 1.165) is 0 Å². The molecule has 3 aromatic carbocycles. The first kappa shape index (κ1) is 21.1. The van der Waals surface area contributed by atoms with Crippen LogP contribution in [-0.4, -0.2) is 8.42 Å². The zero-order valence-electron chi connectivity index (χ0n) is 16.6. The topological polar surface area (TPSA) is 52.6 Å². The van der Waals surface area contributed by atoms with Gasteiger partial charge < -0.3 is 9.47 Å². The van der Waals surface area contributed by atoms with Gasteiger partial charge in [0.25, 0.3) is 0 Å². The number of para-hydroxylation sites is 1. The van der Waals surface area contributed by atoms with E-state index in [2.05, 4.69) is 6.58 Å². The fourth-order valence-corrected chi connectivity index (χ4v) is 3.94. The molecule has 0 amide bonds. The van der Waals surface area contributed by atoms with Crippen molar-refractivity contribution in [2.24, 2.45) is 0 Å². The van der Waals surface area contributed by atoms with Gasteiger partial charge in [0.2, 0.25) is 9.84 Å². The zero-order valence-corrected chi connectivity index (χ0v) is 17.4. The average molecular weight is 419 g/mol. The second-order valence-electron chi connectivity index (χ2n) is 6.27. The second-order valence-corrected chi connectivity index (χ2v) is 8.22. The van der Waals surface area contributed by atoms with Crippen molar-refractivity contribution in [3.63, 3.8) is 0 Å². The van der Waals surface area contributed by atoms with Gasteiger partial charge in [0.15, 0.2) is 0 Å². The van der Waals surface area contributed by atoms with Crippen LogP contribution in [0.2, 0.25) is 0 Å². The van der Waals surface area contributed by atoms with Crippen molar-refractivity contribution in [1.29, 1.82) is 0 Å². The summed E-state index contributed by atoms with van der Waals surface area (Å²) in [6.07, 6.45) is 6.99. The van der Waals surface area contributed by atoms with Crippen molar-refractivity contribution >= 4 is 9.84 Å². The summed E-state index contributed by atoms with van der Waals surface area (Å²) in [6.45, 7) is 5.54. The first-order valence-electron chi connectivity index (χ1n) is 9.34. The summed E-state index contributed by atoms with van der Waals surface area (Å²) >= 11 is 0. The van der Waals surface area contributed by atoms with Gasteiger partial charge >= 0.3 is 0 Å². The molecule has 0 aromatic heterocycles. The highest BCUT2D eigenvalue weighted by Gasteiger charge is 2.18. The van der Waals surface area contributed by atoms with Crippen LogP contribution in [0.25, 0.3) is 0 Å². The van der Waals surface area contributed by atoms with Gasteiger partial charge in [-0.3, -0.25) is 0 Å². The Hall–Kier alpha value is -3.57. The quantitative estimate of drug-likeness (QED) is 0.316.